The Kier molecular flexibility index (Phi) is 3.54. The number of hydrogen-bond acceptors (Lipinski definition) is 3. The van der Waals surface area contributed by atoms with Crippen LogP contribution in [0.1, 0.15) is 5.82 Å². The van der Waals surface area contributed by atoms with Crippen molar-refractivity contribution in [2.24, 2.45) is 0 Å². The minimum atomic E-state index is 0.368. The molecular formula is C12H13ClN2O2. The predicted octanol–water partition coefficient (Wildman–Crippen LogP) is 2.83. The lowest BCUT2D eigenvalue weighted by molar-refractivity contribution is 0.355. The molecule has 17 heavy (non-hydrogen) atoms. The van der Waals surface area contributed by atoms with Crippen LogP contribution in [-0.2, 0) is 5.88 Å². The van der Waals surface area contributed by atoms with Crippen molar-refractivity contribution < 1.29 is 9.47 Å². The SMILES string of the molecule is COc1ccc(-c2cnc(CCl)[nH]2)cc1OC. The summed E-state index contributed by atoms with van der Waals surface area (Å²) in [5, 5.41) is 0. The van der Waals surface area contributed by atoms with Crippen LogP contribution in [0.2, 0.25) is 0 Å². The van der Waals surface area contributed by atoms with Crippen LogP contribution in [0.5, 0.6) is 11.5 Å². The van der Waals surface area contributed by atoms with E-state index in [4.69, 9.17) is 21.1 Å². The molecule has 90 valence electrons. The van der Waals surface area contributed by atoms with E-state index in [9.17, 15) is 0 Å². The Hall–Kier alpha value is -1.68. The molecule has 0 atom stereocenters. The number of nitrogens with one attached hydrogen (secondary N) is 1. The van der Waals surface area contributed by atoms with Gasteiger partial charge in [0, 0.05) is 5.56 Å². The number of H-pyrrole nitrogens is 1. The Morgan fingerprint density at radius 1 is 1.24 bits per heavy atom. The highest BCUT2D eigenvalue weighted by molar-refractivity contribution is 6.16. The van der Waals surface area contributed by atoms with Gasteiger partial charge in [-0.3, -0.25) is 0 Å². The minimum absolute atomic E-state index is 0.368. The number of methoxy groups -OCH3 is 2. The highest BCUT2D eigenvalue weighted by Gasteiger charge is 2.08. The van der Waals surface area contributed by atoms with Crippen molar-refractivity contribution in [2.45, 2.75) is 5.88 Å². The lowest BCUT2D eigenvalue weighted by Crippen LogP contribution is -1.91. The number of aromatic amines is 1. The van der Waals surface area contributed by atoms with Crippen LogP contribution in [0.4, 0.5) is 0 Å². The normalized spacial score (nSPS) is 10.3. The number of imidazole rings is 1. The zero-order valence-corrected chi connectivity index (χ0v) is 10.4. The standard InChI is InChI=1S/C12H13ClN2O2/c1-16-10-4-3-8(5-11(10)17-2)9-7-14-12(6-13)15-9/h3-5,7H,6H2,1-2H3,(H,14,15). The Labute approximate surface area is 105 Å². The van der Waals surface area contributed by atoms with E-state index in [0.717, 1.165) is 17.1 Å². The number of halogens is 1. The summed E-state index contributed by atoms with van der Waals surface area (Å²) in [6, 6.07) is 5.69. The van der Waals surface area contributed by atoms with Gasteiger partial charge in [0.2, 0.25) is 0 Å². The number of alkyl halides is 1. The fourth-order valence-corrected chi connectivity index (χ4v) is 1.72. The Morgan fingerprint density at radius 2 is 2.00 bits per heavy atom. The molecule has 2 aromatic rings. The molecule has 1 aromatic carbocycles. The topological polar surface area (TPSA) is 47.1 Å². The number of aromatic nitrogens is 2. The molecule has 0 aliphatic rings. The maximum atomic E-state index is 5.70. The average Bonchev–Trinajstić information content (AvgIpc) is 2.86. The number of benzene rings is 1. The maximum absolute atomic E-state index is 5.70. The van der Waals surface area contributed by atoms with Gasteiger partial charge in [-0.25, -0.2) is 4.98 Å². The van der Waals surface area contributed by atoms with E-state index in [1.165, 1.54) is 0 Å². The first-order valence-electron chi connectivity index (χ1n) is 5.10. The quantitative estimate of drug-likeness (QED) is 0.852. The summed E-state index contributed by atoms with van der Waals surface area (Å²) >= 11 is 5.70. The average molecular weight is 253 g/mol. The molecular weight excluding hydrogens is 240 g/mol. The van der Waals surface area contributed by atoms with Gasteiger partial charge in [0.1, 0.15) is 5.82 Å². The molecule has 0 aliphatic heterocycles. The first-order chi connectivity index (χ1) is 8.28. The minimum Gasteiger partial charge on any atom is -0.493 e. The molecule has 2 rings (SSSR count). The van der Waals surface area contributed by atoms with Gasteiger partial charge in [-0.1, -0.05) is 0 Å². The summed E-state index contributed by atoms with van der Waals surface area (Å²) < 4.78 is 10.4. The molecule has 1 aromatic heterocycles. The van der Waals surface area contributed by atoms with Gasteiger partial charge in [-0.2, -0.15) is 0 Å². The van der Waals surface area contributed by atoms with Crippen LogP contribution in [0.15, 0.2) is 24.4 Å². The Morgan fingerprint density at radius 3 is 2.59 bits per heavy atom. The van der Waals surface area contributed by atoms with Crippen LogP contribution >= 0.6 is 11.6 Å². The third kappa shape index (κ3) is 2.36. The summed E-state index contributed by atoms with van der Waals surface area (Å²) in [4.78, 5) is 7.28. The van der Waals surface area contributed by atoms with Gasteiger partial charge < -0.3 is 14.5 Å². The van der Waals surface area contributed by atoms with E-state index >= 15 is 0 Å². The summed E-state index contributed by atoms with van der Waals surface area (Å²) in [7, 11) is 3.22. The molecule has 0 radical (unpaired) electrons. The first kappa shape index (κ1) is 11.8. The molecule has 0 spiro atoms. The van der Waals surface area contributed by atoms with Crippen molar-refractivity contribution in [3.05, 3.63) is 30.2 Å². The second kappa shape index (κ2) is 5.10. The maximum Gasteiger partial charge on any atom is 0.161 e. The molecule has 0 fully saturated rings. The Bertz CT molecular complexity index is 511. The van der Waals surface area contributed by atoms with Crippen LogP contribution in [0, 0.1) is 0 Å². The van der Waals surface area contributed by atoms with Crippen molar-refractivity contribution >= 4 is 11.6 Å². The smallest absolute Gasteiger partial charge is 0.161 e. The number of rotatable bonds is 4. The zero-order valence-electron chi connectivity index (χ0n) is 9.66. The molecule has 0 saturated carbocycles. The molecule has 5 heteroatoms. The van der Waals surface area contributed by atoms with E-state index < -0.39 is 0 Å². The van der Waals surface area contributed by atoms with Crippen LogP contribution in [0.25, 0.3) is 11.3 Å². The molecule has 0 aliphatic carbocycles. The highest BCUT2D eigenvalue weighted by atomic mass is 35.5. The lowest BCUT2D eigenvalue weighted by atomic mass is 10.1. The molecule has 1 N–H and O–H groups in total. The number of ether oxygens (including phenoxy) is 2. The molecule has 0 saturated heterocycles. The molecule has 0 amide bonds. The second-order valence-corrected chi connectivity index (χ2v) is 3.71. The van der Waals surface area contributed by atoms with Gasteiger partial charge in [-0.05, 0) is 18.2 Å². The molecule has 1 heterocycles. The summed E-state index contributed by atoms with van der Waals surface area (Å²) in [5.41, 5.74) is 1.88. The summed E-state index contributed by atoms with van der Waals surface area (Å²) in [6.07, 6.45) is 1.75. The van der Waals surface area contributed by atoms with Gasteiger partial charge in [0.15, 0.2) is 11.5 Å². The number of nitrogens with zero attached hydrogens (tertiary/aromatic N) is 1. The lowest BCUT2D eigenvalue weighted by Gasteiger charge is -2.08. The summed E-state index contributed by atoms with van der Waals surface area (Å²) in [6.45, 7) is 0. The van der Waals surface area contributed by atoms with E-state index in [2.05, 4.69) is 9.97 Å². The van der Waals surface area contributed by atoms with Crippen molar-refractivity contribution in [2.75, 3.05) is 14.2 Å². The Balaban J connectivity index is 2.38. The van der Waals surface area contributed by atoms with E-state index in [-0.39, 0.29) is 0 Å². The van der Waals surface area contributed by atoms with Crippen molar-refractivity contribution in [1.82, 2.24) is 9.97 Å². The predicted molar refractivity (Wildman–Crippen MR) is 66.7 cm³/mol. The van der Waals surface area contributed by atoms with Crippen LogP contribution in [-0.4, -0.2) is 24.2 Å². The van der Waals surface area contributed by atoms with Gasteiger partial charge in [0.05, 0.1) is 32.0 Å². The monoisotopic (exact) mass is 252 g/mol. The van der Waals surface area contributed by atoms with Gasteiger partial charge >= 0.3 is 0 Å². The van der Waals surface area contributed by atoms with E-state index in [1.54, 1.807) is 20.4 Å². The first-order valence-corrected chi connectivity index (χ1v) is 5.64. The van der Waals surface area contributed by atoms with E-state index in [1.807, 2.05) is 18.2 Å². The fraction of sp³-hybridized carbons (Fsp3) is 0.250. The van der Waals surface area contributed by atoms with Gasteiger partial charge in [0.25, 0.3) is 0 Å². The van der Waals surface area contributed by atoms with Crippen molar-refractivity contribution in [3.63, 3.8) is 0 Å². The van der Waals surface area contributed by atoms with Crippen molar-refractivity contribution in [1.29, 1.82) is 0 Å². The van der Waals surface area contributed by atoms with E-state index in [0.29, 0.717) is 17.4 Å². The third-order valence-electron chi connectivity index (χ3n) is 2.45. The third-order valence-corrected chi connectivity index (χ3v) is 2.70. The molecule has 0 bridgehead atoms. The van der Waals surface area contributed by atoms with Gasteiger partial charge in [-0.15, -0.1) is 11.6 Å². The highest BCUT2D eigenvalue weighted by Crippen LogP contribution is 2.31. The van der Waals surface area contributed by atoms with Crippen molar-refractivity contribution in [3.8, 4) is 22.8 Å². The largest absolute Gasteiger partial charge is 0.493 e. The fourth-order valence-electron chi connectivity index (χ4n) is 1.58. The van der Waals surface area contributed by atoms with Crippen LogP contribution < -0.4 is 9.47 Å². The zero-order chi connectivity index (χ0) is 12.3. The molecule has 4 nitrogen and oxygen atoms in total. The second-order valence-electron chi connectivity index (χ2n) is 3.45. The number of hydrogen-bond donors (Lipinski definition) is 1. The summed E-state index contributed by atoms with van der Waals surface area (Å²) in [5.74, 6) is 2.50. The molecule has 0 unspecified atom stereocenters. The van der Waals surface area contributed by atoms with Crippen LogP contribution in [0.3, 0.4) is 0 Å².